The monoisotopic (exact) mass is 271 g/mol. The minimum atomic E-state index is -0.993. The number of carbonyl (C=O) groups is 1. The highest BCUT2D eigenvalue weighted by atomic mass is 19.2. The number of carbonyl (C=O) groups excluding carboxylic acids is 1. The van der Waals surface area contributed by atoms with Gasteiger partial charge in [0, 0.05) is 12.6 Å². The average molecular weight is 271 g/mol. The first-order valence-electron chi connectivity index (χ1n) is 6.44. The Hall–Kier alpha value is -1.65. The molecule has 0 aliphatic rings. The molecule has 0 aromatic heterocycles. The van der Waals surface area contributed by atoms with E-state index in [1.54, 1.807) is 6.92 Å². The second-order valence-electron chi connectivity index (χ2n) is 4.33. The van der Waals surface area contributed by atoms with Crippen LogP contribution in [0.5, 0.6) is 5.75 Å². The molecular formula is C14H19F2NO2. The van der Waals surface area contributed by atoms with E-state index < -0.39 is 17.7 Å². The van der Waals surface area contributed by atoms with E-state index in [4.69, 9.17) is 4.74 Å². The highest BCUT2D eigenvalue weighted by molar-refractivity contribution is 5.80. The normalized spacial score (nSPS) is 12.0. The molecule has 0 bridgehead atoms. The van der Waals surface area contributed by atoms with Crippen LogP contribution in [0.2, 0.25) is 0 Å². The average Bonchev–Trinajstić information content (AvgIpc) is 2.38. The van der Waals surface area contributed by atoms with E-state index in [0.29, 0.717) is 6.54 Å². The van der Waals surface area contributed by atoms with Crippen LogP contribution in [0.25, 0.3) is 0 Å². The van der Waals surface area contributed by atoms with Gasteiger partial charge in [-0.1, -0.05) is 19.8 Å². The van der Waals surface area contributed by atoms with Gasteiger partial charge in [0.15, 0.2) is 17.7 Å². The molecule has 1 N–H and O–H groups in total. The minimum absolute atomic E-state index is 0.134. The summed E-state index contributed by atoms with van der Waals surface area (Å²) >= 11 is 0. The molecule has 1 aromatic carbocycles. The Morgan fingerprint density at radius 3 is 2.68 bits per heavy atom. The molecule has 106 valence electrons. The van der Waals surface area contributed by atoms with Gasteiger partial charge in [-0.05, 0) is 25.5 Å². The van der Waals surface area contributed by atoms with E-state index in [0.717, 1.165) is 31.4 Å². The standard InChI is InChI=1S/C14H19F2NO2/c1-3-4-5-8-17-14(18)10(2)19-11-6-7-12(15)13(16)9-11/h6-7,9-10H,3-5,8H2,1-2H3,(H,17,18). The van der Waals surface area contributed by atoms with Crippen LogP contribution >= 0.6 is 0 Å². The zero-order valence-electron chi connectivity index (χ0n) is 11.2. The SMILES string of the molecule is CCCCCNC(=O)C(C)Oc1ccc(F)c(F)c1. The molecule has 1 unspecified atom stereocenters. The maximum Gasteiger partial charge on any atom is 0.260 e. The number of hydrogen-bond acceptors (Lipinski definition) is 2. The van der Waals surface area contributed by atoms with Crippen molar-refractivity contribution >= 4 is 5.91 Å². The minimum Gasteiger partial charge on any atom is -0.481 e. The number of halogens is 2. The van der Waals surface area contributed by atoms with Crippen molar-refractivity contribution in [2.45, 2.75) is 39.2 Å². The van der Waals surface area contributed by atoms with Crippen molar-refractivity contribution in [3.63, 3.8) is 0 Å². The Bertz CT molecular complexity index is 424. The second kappa shape index (κ2) is 7.71. The van der Waals surface area contributed by atoms with Crippen molar-refractivity contribution in [2.24, 2.45) is 0 Å². The Morgan fingerprint density at radius 2 is 2.05 bits per heavy atom. The third kappa shape index (κ3) is 5.24. The zero-order chi connectivity index (χ0) is 14.3. The molecule has 5 heteroatoms. The summed E-state index contributed by atoms with van der Waals surface area (Å²) in [5.74, 6) is -2.06. The first-order valence-corrected chi connectivity index (χ1v) is 6.44. The molecule has 19 heavy (non-hydrogen) atoms. The molecule has 0 saturated heterocycles. The first kappa shape index (κ1) is 15.4. The lowest BCUT2D eigenvalue weighted by Crippen LogP contribution is -2.36. The molecule has 1 atom stereocenters. The lowest BCUT2D eigenvalue weighted by Gasteiger charge is -2.14. The number of benzene rings is 1. The molecule has 0 aliphatic heterocycles. The van der Waals surface area contributed by atoms with Crippen LogP contribution in [-0.4, -0.2) is 18.6 Å². The summed E-state index contributed by atoms with van der Waals surface area (Å²) in [4.78, 5) is 11.7. The summed E-state index contributed by atoms with van der Waals surface area (Å²) in [6.07, 6.45) is 2.31. The van der Waals surface area contributed by atoms with Gasteiger partial charge in [-0.2, -0.15) is 0 Å². The van der Waals surface area contributed by atoms with Crippen molar-refractivity contribution in [1.82, 2.24) is 5.32 Å². The van der Waals surface area contributed by atoms with Crippen LogP contribution in [0, 0.1) is 11.6 Å². The molecule has 1 rings (SSSR count). The van der Waals surface area contributed by atoms with Crippen molar-refractivity contribution in [3.8, 4) is 5.75 Å². The number of amides is 1. The first-order chi connectivity index (χ1) is 9.04. The summed E-state index contributed by atoms with van der Waals surface area (Å²) in [6.45, 7) is 4.24. The maximum atomic E-state index is 13.0. The summed E-state index contributed by atoms with van der Waals surface area (Å²) in [6, 6.07) is 3.19. The van der Waals surface area contributed by atoms with Gasteiger partial charge in [-0.3, -0.25) is 4.79 Å². The van der Waals surface area contributed by atoms with E-state index in [1.807, 2.05) is 0 Å². The Balaban J connectivity index is 2.42. The molecule has 3 nitrogen and oxygen atoms in total. The van der Waals surface area contributed by atoms with Gasteiger partial charge in [0.1, 0.15) is 5.75 Å². The number of hydrogen-bond donors (Lipinski definition) is 1. The fourth-order valence-electron chi connectivity index (χ4n) is 1.54. The van der Waals surface area contributed by atoms with E-state index in [2.05, 4.69) is 12.2 Å². The van der Waals surface area contributed by atoms with E-state index >= 15 is 0 Å². The largest absolute Gasteiger partial charge is 0.481 e. The van der Waals surface area contributed by atoms with E-state index in [9.17, 15) is 13.6 Å². The lowest BCUT2D eigenvalue weighted by molar-refractivity contribution is -0.127. The van der Waals surface area contributed by atoms with Crippen molar-refractivity contribution in [1.29, 1.82) is 0 Å². The number of rotatable bonds is 7. The number of ether oxygens (including phenoxy) is 1. The van der Waals surface area contributed by atoms with Gasteiger partial charge in [0.05, 0.1) is 0 Å². The summed E-state index contributed by atoms with van der Waals surface area (Å²) in [5, 5.41) is 2.73. The van der Waals surface area contributed by atoms with Crippen molar-refractivity contribution in [3.05, 3.63) is 29.8 Å². The predicted octanol–water partition coefficient (Wildman–Crippen LogP) is 3.04. The van der Waals surface area contributed by atoms with E-state index in [-0.39, 0.29) is 11.7 Å². The predicted molar refractivity (Wildman–Crippen MR) is 69.0 cm³/mol. The highest BCUT2D eigenvalue weighted by Crippen LogP contribution is 2.16. The van der Waals surface area contributed by atoms with Crippen LogP contribution in [0.3, 0.4) is 0 Å². The van der Waals surface area contributed by atoms with Crippen LogP contribution in [-0.2, 0) is 4.79 Å². The fourth-order valence-corrected chi connectivity index (χ4v) is 1.54. The quantitative estimate of drug-likeness (QED) is 0.774. The summed E-state index contributed by atoms with van der Waals surface area (Å²) < 4.78 is 30.9. The molecule has 0 spiro atoms. The van der Waals surface area contributed by atoms with Crippen LogP contribution < -0.4 is 10.1 Å². The topological polar surface area (TPSA) is 38.3 Å². The second-order valence-corrected chi connectivity index (χ2v) is 4.33. The van der Waals surface area contributed by atoms with Crippen molar-refractivity contribution < 1.29 is 18.3 Å². The van der Waals surface area contributed by atoms with Gasteiger partial charge >= 0.3 is 0 Å². The smallest absolute Gasteiger partial charge is 0.260 e. The highest BCUT2D eigenvalue weighted by Gasteiger charge is 2.14. The molecule has 0 fully saturated rings. The molecule has 0 radical (unpaired) electrons. The van der Waals surface area contributed by atoms with Gasteiger partial charge < -0.3 is 10.1 Å². The van der Waals surface area contributed by atoms with Crippen LogP contribution in [0.4, 0.5) is 8.78 Å². The van der Waals surface area contributed by atoms with Crippen LogP contribution in [0.1, 0.15) is 33.1 Å². The Kier molecular flexibility index (Phi) is 6.25. The van der Waals surface area contributed by atoms with Crippen LogP contribution in [0.15, 0.2) is 18.2 Å². The number of unbranched alkanes of at least 4 members (excludes halogenated alkanes) is 2. The van der Waals surface area contributed by atoms with Gasteiger partial charge in [0.25, 0.3) is 5.91 Å². The Labute approximate surface area is 112 Å². The Morgan fingerprint density at radius 1 is 1.32 bits per heavy atom. The summed E-state index contributed by atoms with van der Waals surface area (Å²) in [7, 11) is 0. The van der Waals surface area contributed by atoms with Gasteiger partial charge in [0.2, 0.25) is 0 Å². The third-order valence-corrected chi connectivity index (χ3v) is 2.65. The maximum absolute atomic E-state index is 13.0. The molecule has 0 saturated carbocycles. The van der Waals surface area contributed by atoms with E-state index in [1.165, 1.54) is 6.07 Å². The molecule has 0 aliphatic carbocycles. The molecule has 0 heterocycles. The lowest BCUT2D eigenvalue weighted by atomic mass is 10.2. The summed E-state index contributed by atoms with van der Waals surface area (Å²) in [5.41, 5.74) is 0. The molecule has 1 amide bonds. The molecule has 1 aromatic rings. The van der Waals surface area contributed by atoms with Crippen molar-refractivity contribution in [2.75, 3.05) is 6.54 Å². The molecular weight excluding hydrogens is 252 g/mol. The fraction of sp³-hybridized carbons (Fsp3) is 0.500. The zero-order valence-corrected chi connectivity index (χ0v) is 11.2. The number of nitrogens with one attached hydrogen (secondary N) is 1. The van der Waals surface area contributed by atoms with Gasteiger partial charge in [-0.15, -0.1) is 0 Å². The third-order valence-electron chi connectivity index (χ3n) is 2.65. The van der Waals surface area contributed by atoms with Gasteiger partial charge in [-0.25, -0.2) is 8.78 Å².